The number of furan rings is 1. The number of rotatable bonds is 4. The Morgan fingerprint density at radius 3 is 2.69 bits per heavy atom. The Kier molecular flexibility index (Phi) is 5.04. The predicted molar refractivity (Wildman–Crippen MR) is 129 cm³/mol. The van der Waals surface area contributed by atoms with E-state index >= 15 is 0 Å². The molecule has 0 aliphatic carbocycles. The van der Waals surface area contributed by atoms with Crippen LogP contribution in [0.1, 0.15) is 27.5 Å². The molecule has 2 heterocycles. The summed E-state index contributed by atoms with van der Waals surface area (Å²) in [6, 6.07) is 23.3. The summed E-state index contributed by atoms with van der Waals surface area (Å²) in [5.74, 6) is -0.178. The van der Waals surface area contributed by atoms with Gasteiger partial charge in [0.05, 0.1) is 6.21 Å². The van der Waals surface area contributed by atoms with E-state index in [9.17, 15) is 4.79 Å². The van der Waals surface area contributed by atoms with Crippen LogP contribution in [0.15, 0.2) is 82.3 Å². The van der Waals surface area contributed by atoms with Crippen molar-refractivity contribution in [3.63, 3.8) is 0 Å². The van der Waals surface area contributed by atoms with Gasteiger partial charge in [-0.25, -0.2) is 5.43 Å². The molecule has 0 spiro atoms. The first-order valence-electron chi connectivity index (χ1n) is 10.2. The minimum atomic E-state index is -0.398. The molecular weight excluding hydrogens is 422 g/mol. The van der Waals surface area contributed by atoms with E-state index in [1.165, 1.54) is 0 Å². The second kappa shape index (κ2) is 8.02. The van der Waals surface area contributed by atoms with E-state index in [2.05, 4.69) is 15.1 Å². The van der Waals surface area contributed by atoms with Crippen LogP contribution >= 0.6 is 11.6 Å². The van der Waals surface area contributed by atoms with Gasteiger partial charge < -0.3 is 8.98 Å². The first-order chi connectivity index (χ1) is 15.5. The molecule has 5 rings (SSSR count). The molecular formula is C26H20ClN3O2. The van der Waals surface area contributed by atoms with Gasteiger partial charge >= 0.3 is 5.91 Å². The van der Waals surface area contributed by atoms with Crippen LogP contribution in [-0.2, 0) is 0 Å². The summed E-state index contributed by atoms with van der Waals surface area (Å²) in [6.07, 6.45) is 1.64. The van der Waals surface area contributed by atoms with Crippen molar-refractivity contribution in [2.24, 2.45) is 5.10 Å². The van der Waals surface area contributed by atoms with Gasteiger partial charge in [0.25, 0.3) is 0 Å². The van der Waals surface area contributed by atoms with E-state index in [0.717, 1.165) is 38.8 Å². The van der Waals surface area contributed by atoms with Crippen LogP contribution in [0.5, 0.6) is 0 Å². The van der Waals surface area contributed by atoms with Gasteiger partial charge in [0.1, 0.15) is 5.58 Å². The SMILES string of the molecule is Cc1cc(/C=N\NC(=O)c2cc3c(ccc4ccccc43)o2)c(C)n1-c1cccc(Cl)c1. The second-order valence-corrected chi connectivity index (χ2v) is 8.09. The quantitative estimate of drug-likeness (QED) is 0.259. The molecule has 0 aliphatic heterocycles. The zero-order valence-corrected chi connectivity index (χ0v) is 18.4. The van der Waals surface area contributed by atoms with Crippen molar-refractivity contribution < 1.29 is 9.21 Å². The van der Waals surface area contributed by atoms with Crippen molar-refractivity contribution in [1.29, 1.82) is 0 Å². The molecule has 0 fully saturated rings. The van der Waals surface area contributed by atoms with Crippen LogP contribution in [0.25, 0.3) is 27.4 Å². The van der Waals surface area contributed by atoms with Crippen LogP contribution in [0, 0.1) is 13.8 Å². The Bertz CT molecular complexity index is 1510. The van der Waals surface area contributed by atoms with Gasteiger partial charge in [-0.3, -0.25) is 4.79 Å². The minimum absolute atomic E-state index is 0.220. The monoisotopic (exact) mass is 441 g/mol. The Morgan fingerprint density at radius 1 is 1.00 bits per heavy atom. The maximum absolute atomic E-state index is 12.6. The molecule has 32 heavy (non-hydrogen) atoms. The maximum Gasteiger partial charge on any atom is 0.307 e. The number of amides is 1. The third kappa shape index (κ3) is 3.57. The number of nitrogens with one attached hydrogen (secondary N) is 1. The molecule has 0 aliphatic rings. The number of hydrogen-bond donors (Lipinski definition) is 1. The Balaban J connectivity index is 1.38. The van der Waals surface area contributed by atoms with E-state index in [-0.39, 0.29) is 5.76 Å². The second-order valence-electron chi connectivity index (χ2n) is 7.65. The fraction of sp³-hybridized carbons (Fsp3) is 0.0769. The number of hydrogen-bond acceptors (Lipinski definition) is 3. The van der Waals surface area contributed by atoms with Crippen molar-refractivity contribution in [3.05, 3.63) is 101 Å². The summed E-state index contributed by atoms with van der Waals surface area (Å²) >= 11 is 6.15. The summed E-state index contributed by atoms with van der Waals surface area (Å²) in [5, 5.41) is 7.88. The van der Waals surface area contributed by atoms with Gasteiger partial charge in [-0.15, -0.1) is 0 Å². The lowest BCUT2D eigenvalue weighted by Crippen LogP contribution is -2.16. The molecule has 0 saturated heterocycles. The molecule has 1 amide bonds. The van der Waals surface area contributed by atoms with E-state index < -0.39 is 5.91 Å². The molecule has 6 heteroatoms. The topological polar surface area (TPSA) is 59.5 Å². The fourth-order valence-corrected chi connectivity index (χ4v) is 4.24. The summed E-state index contributed by atoms with van der Waals surface area (Å²) in [6.45, 7) is 4.02. The third-order valence-electron chi connectivity index (χ3n) is 5.56. The molecule has 5 nitrogen and oxygen atoms in total. The first kappa shape index (κ1) is 20.1. The zero-order chi connectivity index (χ0) is 22.2. The summed E-state index contributed by atoms with van der Waals surface area (Å²) < 4.78 is 7.85. The van der Waals surface area contributed by atoms with Crippen molar-refractivity contribution in [2.75, 3.05) is 0 Å². The molecule has 3 aromatic carbocycles. The smallest absolute Gasteiger partial charge is 0.307 e. The van der Waals surface area contributed by atoms with E-state index in [1.807, 2.05) is 80.6 Å². The highest BCUT2D eigenvalue weighted by Crippen LogP contribution is 2.28. The van der Waals surface area contributed by atoms with Crippen molar-refractivity contribution in [3.8, 4) is 5.69 Å². The number of benzene rings is 3. The molecule has 2 aromatic heterocycles. The largest absolute Gasteiger partial charge is 0.451 e. The van der Waals surface area contributed by atoms with Crippen LogP contribution in [0.2, 0.25) is 5.02 Å². The highest BCUT2D eigenvalue weighted by Gasteiger charge is 2.14. The molecule has 0 bridgehead atoms. The summed E-state index contributed by atoms with van der Waals surface area (Å²) in [4.78, 5) is 12.6. The number of aryl methyl sites for hydroxylation is 1. The van der Waals surface area contributed by atoms with Crippen molar-refractivity contribution in [1.82, 2.24) is 9.99 Å². The van der Waals surface area contributed by atoms with Crippen LogP contribution in [-0.4, -0.2) is 16.7 Å². The Morgan fingerprint density at radius 2 is 1.84 bits per heavy atom. The van der Waals surface area contributed by atoms with Gasteiger partial charge in [-0.05, 0) is 61.0 Å². The lowest BCUT2D eigenvalue weighted by molar-refractivity contribution is 0.0929. The Labute approximate surface area is 189 Å². The number of aromatic nitrogens is 1. The Hall–Kier alpha value is -3.83. The third-order valence-corrected chi connectivity index (χ3v) is 5.79. The molecule has 0 radical (unpaired) electrons. The number of carbonyl (C=O) groups excluding carboxylic acids is 1. The molecule has 158 valence electrons. The first-order valence-corrected chi connectivity index (χ1v) is 10.6. The standard InChI is InChI=1S/C26H20ClN3O2/c1-16-12-19(17(2)30(16)21-8-5-7-20(27)13-21)15-28-29-26(31)25-14-23-22-9-4-3-6-18(22)10-11-24(23)32-25/h3-15H,1-2H3,(H,29,31)/b28-15-. The van der Waals surface area contributed by atoms with E-state index in [0.29, 0.717) is 10.6 Å². The average molecular weight is 442 g/mol. The van der Waals surface area contributed by atoms with Gasteiger partial charge in [-0.2, -0.15) is 5.10 Å². The predicted octanol–water partition coefficient (Wildman–Crippen LogP) is 6.41. The number of halogens is 1. The molecule has 0 saturated carbocycles. The number of carbonyl (C=O) groups is 1. The molecule has 1 N–H and O–H groups in total. The van der Waals surface area contributed by atoms with E-state index in [4.69, 9.17) is 16.0 Å². The lowest BCUT2D eigenvalue weighted by Gasteiger charge is -2.09. The van der Waals surface area contributed by atoms with E-state index in [1.54, 1.807) is 12.3 Å². The van der Waals surface area contributed by atoms with Crippen molar-refractivity contribution in [2.45, 2.75) is 13.8 Å². The van der Waals surface area contributed by atoms with Crippen LogP contribution in [0.4, 0.5) is 0 Å². The molecule has 0 unspecified atom stereocenters. The zero-order valence-electron chi connectivity index (χ0n) is 17.6. The van der Waals surface area contributed by atoms with Gasteiger partial charge in [0.2, 0.25) is 0 Å². The number of hydrazone groups is 1. The van der Waals surface area contributed by atoms with Crippen LogP contribution < -0.4 is 5.43 Å². The summed E-state index contributed by atoms with van der Waals surface area (Å²) in [7, 11) is 0. The fourth-order valence-electron chi connectivity index (χ4n) is 4.05. The number of nitrogens with zero attached hydrogens (tertiary/aromatic N) is 2. The minimum Gasteiger partial charge on any atom is -0.451 e. The maximum atomic E-state index is 12.6. The molecule has 5 aromatic rings. The van der Waals surface area contributed by atoms with Crippen LogP contribution in [0.3, 0.4) is 0 Å². The van der Waals surface area contributed by atoms with Crippen molar-refractivity contribution >= 4 is 45.5 Å². The highest BCUT2D eigenvalue weighted by molar-refractivity contribution is 6.30. The highest BCUT2D eigenvalue weighted by atomic mass is 35.5. The number of fused-ring (bicyclic) bond motifs is 3. The summed E-state index contributed by atoms with van der Waals surface area (Å²) in [5.41, 5.74) is 7.16. The normalized spacial score (nSPS) is 11.6. The van der Waals surface area contributed by atoms with Gasteiger partial charge in [0, 0.05) is 33.0 Å². The van der Waals surface area contributed by atoms with Gasteiger partial charge in [-0.1, -0.05) is 48.0 Å². The molecule has 0 atom stereocenters. The van der Waals surface area contributed by atoms with Gasteiger partial charge in [0.15, 0.2) is 5.76 Å². The average Bonchev–Trinajstić information content (AvgIpc) is 3.35. The lowest BCUT2D eigenvalue weighted by atomic mass is 10.1.